The Morgan fingerprint density at radius 1 is 0.906 bits per heavy atom. The molecule has 0 spiro atoms. The van der Waals surface area contributed by atoms with E-state index in [1.54, 1.807) is 67.6 Å². The van der Waals surface area contributed by atoms with Crippen molar-refractivity contribution in [2.45, 2.75) is 13.3 Å². The van der Waals surface area contributed by atoms with Crippen LogP contribution >= 0.6 is 23.2 Å². The Hall–Kier alpha value is -3.22. The zero-order valence-corrected chi connectivity index (χ0v) is 19.0. The standard InChI is InChI=1S/C24H21Cl2NO5/c1-3-31-23(28)13-15-4-11-21(20(26)12-15)32-18-8-6-17(7-9-18)27-24(29)16-5-10-19(25)22(14-16)30-2/h4-12,14H,3,13H2,1-2H3,(H,27,29). The number of carbonyl (C=O) groups is 2. The summed E-state index contributed by atoms with van der Waals surface area (Å²) >= 11 is 12.3. The molecule has 0 atom stereocenters. The maximum Gasteiger partial charge on any atom is 0.310 e. The van der Waals surface area contributed by atoms with E-state index in [9.17, 15) is 9.59 Å². The minimum atomic E-state index is -0.313. The van der Waals surface area contributed by atoms with Gasteiger partial charge in [0.1, 0.15) is 17.2 Å². The minimum Gasteiger partial charge on any atom is -0.495 e. The number of amides is 1. The highest BCUT2D eigenvalue weighted by atomic mass is 35.5. The summed E-state index contributed by atoms with van der Waals surface area (Å²) in [5.74, 6) is 0.800. The van der Waals surface area contributed by atoms with E-state index in [0.29, 0.717) is 45.2 Å². The van der Waals surface area contributed by atoms with Crippen LogP contribution in [0.1, 0.15) is 22.8 Å². The van der Waals surface area contributed by atoms with Gasteiger partial charge in [-0.3, -0.25) is 9.59 Å². The summed E-state index contributed by atoms with van der Waals surface area (Å²) in [4.78, 5) is 24.1. The zero-order chi connectivity index (χ0) is 23.1. The summed E-state index contributed by atoms with van der Waals surface area (Å²) < 4.78 is 15.9. The van der Waals surface area contributed by atoms with Crippen LogP contribution in [0.15, 0.2) is 60.7 Å². The minimum absolute atomic E-state index is 0.141. The van der Waals surface area contributed by atoms with Crippen LogP contribution < -0.4 is 14.8 Å². The van der Waals surface area contributed by atoms with Crippen LogP contribution in [0.4, 0.5) is 5.69 Å². The second-order valence-electron chi connectivity index (χ2n) is 6.68. The van der Waals surface area contributed by atoms with Crippen molar-refractivity contribution < 1.29 is 23.8 Å². The molecule has 3 aromatic carbocycles. The Morgan fingerprint density at radius 2 is 1.66 bits per heavy atom. The second-order valence-corrected chi connectivity index (χ2v) is 7.49. The number of ether oxygens (including phenoxy) is 3. The Bertz CT molecular complexity index is 1120. The van der Waals surface area contributed by atoms with Crippen LogP contribution in [0.25, 0.3) is 0 Å². The van der Waals surface area contributed by atoms with Crippen molar-refractivity contribution in [3.8, 4) is 17.2 Å². The van der Waals surface area contributed by atoms with Crippen LogP contribution in [0.2, 0.25) is 10.0 Å². The highest BCUT2D eigenvalue weighted by Gasteiger charge is 2.11. The lowest BCUT2D eigenvalue weighted by Gasteiger charge is -2.11. The van der Waals surface area contributed by atoms with E-state index in [1.807, 2.05) is 0 Å². The van der Waals surface area contributed by atoms with E-state index in [4.69, 9.17) is 37.4 Å². The number of esters is 1. The molecule has 0 unspecified atom stereocenters. The molecular formula is C24H21Cl2NO5. The van der Waals surface area contributed by atoms with Crippen molar-refractivity contribution in [2.24, 2.45) is 0 Å². The van der Waals surface area contributed by atoms with Gasteiger partial charge < -0.3 is 19.5 Å². The molecule has 166 valence electrons. The maximum absolute atomic E-state index is 12.5. The van der Waals surface area contributed by atoms with Crippen LogP contribution in [0.3, 0.4) is 0 Å². The monoisotopic (exact) mass is 473 g/mol. The van der Waals surface area contributed by atoms with Gasteiger partial charge in [0.2, 0.25) is 0 Å². The molecule has 6 nitrogen and oxygen atoms in total. The SMILES string of the molecule is CCOC(=O)Cc1ccc(Oc2ccc(NC(=O)c3ccc(Cl)c(OC)c3)cc2)c(Cl)c1. The summed E-state index contributed by atoms with van der Waals surface area (Å²) in [6.45, 7) is 2.09. The highest BCUT2D eigenvalue weighted by molar-refractivity contribution is 6.32. The predicted octanol–water partition coefficient (Wildman–Crippen LogP) is 6.15. The van der Waals surface area contributed by atoms with Gasteiger partial charge >= 0.3 is 5.97 Å². The molecule has 0 saturated carbocycles. The van der Waals surface area contributed by atoms with Crippen molar-refractivity contribution in [1.29, 1.82) is 0 Å². The molecule has 1 N–H and O–H groups in total. The molecule has 8 heteroatoms. The third-order valence-corrected chi connectivity index (χ3v) is 5.01. The largest absolute Gasteiger partial charge is 0.495 e. The molecule has 0 aliphatic carbocycles. The Balaban J connectivity index is 1.63. The first-order valence-electron chi connectivity index (χ1n) is 9.76. The molecule has 0 saturated heterocycles. The topological polar surface area (TPSA) is 73.9 Å². The molecule has 1 amide bonds. The van der Waals surface area contributed by atoms with Gasteiger partial charge in [-0.05, 0) is 67.1 Å². The van der Waals surface area contributed by atoms with E-state index < -0.39 is 0 Å². The van der Waals surface area contributed by atoms with Crippen LogP contribution in [0, 0.1) is 0 Å². The molecule has 0 heterocycles. The highest BCUT2D eigenvalue weighted by Crippen LogP contribution is 2.31. The quantitative estimate of drug-likeness (QED) is 0.397. The fourth-order valence-electron chi connectivity index (χ4n) is 2.85. The summed E-state index contributed by atoms with van der Waals surface area (Å²) in [5, 5.41) is 3.61. The van der Waals surface area contributed by atoms with Crippen molar-refractivity contribution in [2.75, 3.05) is 19.0 Å². The van der Waals surface area contributed by atoms with Gasteiger partial charge in [-0.1, -0.05) is 29.3 Å². The van der Waals surface area contributed by atoms with Gasteiger partial charge in [0.15, 0.2) is 0 Å². The zero-order valence-electron chi connectivity index (χ0n) is 17.5. The van der Waals surface area contributed by atoms with Gasteiger partial charge in [-0.25, -0.2) is 0 Å². The van der Waals surface area contributed by atoms with Crippen molar-refractivity contribution >= 4 is 40.8 Å². The van der Waals surface area contributed by atoms with E-state index in [0.717, 1.165) is 5.56 Å². The van der Waals surface area contributed by atoms with Gasteiger partial charge in [0.25, 0.3) is 5.91 Å². The van der Waals surface area contributed by atoms with Crippen LogP contribution in [-0.2, 0) is 16.0 Å². The number of methoxy groups -OCH3 is 1. The molecule has 0 fully saturated rings. The fourth-order valence-corrected chi connectivity index (χ4v) is 3.29. The van der Waals surface area contributed by atoms with Gasteiger partial charge in [-0.15, -0.1) is 0 Å². The maximum atomic E-state index is 12.5. The van der Waals surface area contributed by atoms with Gasteiger partial charge in [-0.2, -0.15) is 0 Å². The second kappa shape index (κ2) is 10.9. The third kappa shape index (κ3) is 6.15. The fraction of sp³-hybridized carbons (Fsp3) is 0.167. The third-order valence-electron chi connectivity index (χ3n) is 4.40. The lowest BCUT2D eigenvalue weighted by molar-refractivity contribution is -0.142. The number of hydrogen-bond acceptors (Lipinski definition) is 5. The molecule has 3 aromatic rings. The molecule has 0 bridgehead atoms. The number of rotatable bonds is 8. The molecular weight excluding hydrogens is 453 g/mol. The van der Waals surface area contributed by atoms with Crippen molar-refractivity contribution in [3.63, 3.8) is 0 Å². The molecule has 0 aliphatic heterocycles. The normalized spacial score (nSPS) is 10.4. The molecule has 0 aliphatic rings. The number of carbonyl (C=O) groups excluding carboxylic acids is 2. The smallest absolute Gasteiger partial charge is 0.310 e. The first-order valence-corrected chi connectivity index (χ1v) is 10.5. The van der Waals surface area contributed by atoms with Crippen LogP contribution in [0.5, 0.6) is 17.2 Å². The lowest BCUT2D eigenvalue weighted by Crippen LogP contribution is -2.11. The van der Waals surface area contributed by atoms with Crippen LogP contribution in [-0.4, -0.2) is 25.6 Å². The first-order chi connectivity index (χ1) is 15.4. The molecule has 32 heavy (non-hydrogen) atoms. The Morgan fingerprint density at radius 3 is 2.31 bits per heavy atom. The number of nitrogens with one attached hydrogen (secondary N) is 1. The molecule has 3 rings (SSSR count). The molecule has 0 radical (unpaired) electrons. The summed E-state index contributed by atoms with van der Waals surface area (Å²) in [5.41, 5.74) is 1.74. The van der Waals surface area contributed by atoms with E-state index >= 15 is 0 Å². The first kappa shape index (κ1) is 23.4. The van der Waals surface area contributed by atoms with Crippen molar-refractivity contribution in [3.05, 3.63) is 81.8 Å². The summed E-state index contributed by atoms with van der Waals surface area (Å²) in [6, 6.07) is 16.8. The van der Waals surface area contributed by atoms with E-state index in [2.05, 4.69) is 5.32 Å². The van der Waals surface area contributed by atoms with Gasteiger partial charge in [0.05, 0.1) is 30.2 Å². The number of anilines is 1. The van der Waals surface area contributed by atoms with E-state index in [-0.39, 0.29) is 18.3 Å². The average molecular weight is 474 g/mol. The van der Waals surface area contributed by atoms with E-state index in [1.165, 1.54) is 7.11 Å². The average Bonchev–Trinajstić information content (AvgIpc) is 2.77. The summed E-state index contributed by atoms with van der Waals surface area (Å²) in [6.07, 6.45) is 0.141. The lowest BCUT2D eigenvalue weighted by atomic mass is 10.1. The Kier molecular flexibility index (Phi) is 7.98. The summed E-state index contributed by atoms with van der Waals surface area (Å²) in [7, 11) is 1.49. The number of hydrogen-bond donors (Lipinski definition) is 1. The predicted molar refractivity (Wildman–Crippen MR) is 124 cm³/mol. The van der Waals surface area contributed by atoms with Crippen molar-refractivity contribution in [1.82, 2.24) is 0 Å². The number of benzene rings is 3. The number of halogens is 2. The molecule has 0 aromatic heterocycles. The Labute approximate surface area is 196 Å². The van der Waals surface area contributed by atoms with Gasteiger partial charge in [0, 0.05) is 11.3 Å².